The first-order chi connectivity index (χ1) is 7.68. The molecule has 0 bridgehead atoms. The van der Waals surface area contributed by atoms with E-state index < -0.39 is 0 Å². The van der Waals surface area contributed by atoms with Crippen LogP contribution in [0.2, 0.25) is 0 Å². The van der Waals surface area contributed by atoms with E-state index in [2.05, 4.69) is 29.6 Å². The van der Waals surface area contributed by atoms with Crippen LogP contribution in [0.5, 0.6) is 0 Å². The van der Waals surface area contributed by atoms with Crippen molar-refractivity contribution in [3.05, 3.63) is 35.4 Å². The zero-order valence-corrected chi connectivity index (χ0v) is 9.99. The molecule has 0 spiro atoms. The van der Waals surface area contributed by atoms with Crippen molar-refractivity contribution in [2.75, 3.05) is 0 Å². The van der Waals surface area contributed by atoms with E-state index in [1.807, 2.05) is 13.8 Å². The van der Waals surface area contributed by atoms with Crippen LogP contribution in [0.25, 0.3) is 0 Å². The van der Waals surface area contributed by atoms with Gasteiger partial charge in [-0.1, -0.05) is 38.1 Å². The number of rotatable bonds is 2. The van der Waals surface area contributed by atoms with E-state index in [1.165, 1.54) is 17.5 Å². The second kappa shape index (κ2) is 4.69. The molecule has 86 valence electrons. The highest BCUT2D eigenvalue weighted by Gasteiger charge is 2.21. The standard InChI is InChI=1S/C14H19NO/c1-10(2)14(16)15-13-9-5-7-11-6-3-4-8-12(11)13/h3-4,6,8,10,13H,5,7,9H2,1-2H3,(H,15,16)/t13-/m1/s1. The van der Waals surface area contributed by atoms with Crippen LogP contribution in [0, 0.1) is 5.92 Å². The Balaban J connectivity index is 2.16. The Labute approximate surface area is 97.1 Å². The van der Waals surface area contributed by atoms with Crippen LogP contribution >= 0.6 is 0 Å². The Hall–Kier alpha value is -1.31. The van der Waals surface area contributed by atoms with Crippen molar-refractivity contribution in [2.24, 2.45) is 5.92 Å². The van der Waals surface area contributed by atoms with Crippen LogP contribution in [-0.2, 0) is 11.2 Å². The van der Waals surface area contributed by atoms with Crippen molar-refractivity contribution in [1.29, 1.82) is 0 Å². The minimum Gasteiger partial charge on any atom is -0.349 e. The molecule has 0 unspecified atom stereocenters. The van der Waals surface area contributed by atoms with E-state index in [4.69, 9.17) is 0 Å². The molecule has 1 atom stereocenters. The molecule has 16 heavy (non-hydrogen) atoms. The lowest BCUT2D eigenvalue weighted by Crippen LogP contribution is -2.33. The largest absolute Gasteiger partial charge is 0.349 e. The summed E-state index contributed by atoms with van der Waals surface area (Å²) in [5.41, 5.74) is 2.70. The van der Waals surface area contributed by atoms with Gasteiger partial charge in [0, 0.05) is 5.92 Å². The van der Waals surface area contributed by atoms with Gasteiger partial charge >= 0.3 is 0 Å². The average Bonchev–Trinajstić information content (AvgIpc) is 2.29. The van der Waals surface area contributed by atoms with Crippen molar-refractivity contribution in [3.63, 3.8) is 0 Å². The van der Waals surface area contributed by atoms with Gasteiger partial charge in [0.25, 0.3) is 0 Å². The van der Waals surface area contributed by atoms with Gasteiger partial charge in [-0.15, -0.1) is 0 Å². The Morgan fingerprint density at radius 2 is 2.12 bits per heavy atom. The molecule has 0 heterocycles. The Morgan fingerprint density at radius 1 is 1.38 bits per heavy atom. The lowest BCUT2D eigenvalue weighted by molar-refractivity contribution is -0.124. The highest BCUT2D eigenvalue weighted by atomic mass is 16.1. The lowest BCUT2D eigenvalue weighted by atomic mass is 9.87. The zero-order valence-electron chi connectivity index (χ0n) is 9.99. The molecule has 2 nitrogen and oxygen atoms in total. The number of hydrogen-bond acceptors (Lipinski definition) is 1. The molecule has 2 rings (SSSR count). The smallest absolute Gasteiger partial charge is 0.223 e. The molecular weight excluding hydrogens is 198 g/mol. The van der Waals surface area contributed by atoms with E-state index in [9.17, 15) is 4.79 Å². The Kier molecular flexibility index (Phi) is 3.28. The molecule has 1 aromatic carbocycles. The van der Waals surface area contributed by atoms with Gasteiger partial charge < -0.3 is 5.32 Å². The number of amides is 1. The fraction of sp³-hybridized carbons (Fsp3) is 0.500. The van der Waals surface area contributed by atoms with E-state index in [0.717, 1.165) is 12.8 Å². The summed E-state index contributed by atoms with van der Waals surface area (Å²) in [5.74, 6) is 0.218. The molecular formula is C14H19NO. The van der Waals surface area contributed by atoms with Gasteiger partial charge in [0.1, 0.15) is 0 Å². The second-order valence-corrected chi connectivity index (χ2v) is 4.81. The van der Waals surface area contributed by atoms with Gasteiger partial charge in [0.15, 0.2) is 0 Å². The first-order valence-electron chi connectivity index (χ1n) is 6.06. The molecule has 0 aromatic heterocycles. The van der Waals surface area contributed by atoms with Crippen LogP contribution < -0.4 is 5.32 Å². The van der Waals surface area contributed by atoms with Crippen LogP contribution in [0.1, 0.15) is 43.9 Å². The highest BCUT2D eigenvalue weighted by Crippen LogP contribution is 2.29. The fourth-order valence-electron chi connectivity index (χ4n) is 2.24. The van der Waals surface area contributed by atoms with Crippen molar-refractivity contribution in [2.45, 2.75) is 39.2 Å². The molecule has 1 N–H and O–H groups in total. The minimum absolute atomic E-state index is 0.0640. The first-order valence-corrected chi connectivity index (χ1v) is 6.06. The number of carbonyl (C=O) groups excluding carboxylic acids is 1. The van der Waals surface area contributed by atoms with Crippen molar-refractivity contribution in [1.82, 2.24) is 5.32 Å². The summed E-state index contributed by atoms with van der Waals surface area (Å²) in [6.07, 6.45) is 3.37. The van der Waals surface area contributed by atoms with Crippen molar-refractivity contribution >= 4 is 5.91 Å². The first kappa shape index (κ1) is 11.2. The predicted molar refractivity (Wildman–Crippen MR) is 65.1 cm³/mol. The molecule has 0 fully saturated rings. The molecule has 1 aliphatic carbocycles. The summed E-state index contributed by atoms with van der Waals surface area (Å²) in [5, 5.41) is 3.14. The monoisotopic (exact) mass is 217 g/mol. The summed E-state index contributed by atoms with van der Waals surface area (Å²) >= 11 is 0. The van der Waals surface area contributed by atoms with Gasteiger partial charge in [0.05, 0.1) is 6.04 Å². The minimum atomic E-state index is 0.0640. The fourth-order valence-corrected chi connectivity index (χ4v) is 2.24. The predicted octanol–water partition coefficient (Wildman–Crippen LogP) is 2.84. The summed E-state index contributed by atoms with van der Waals surface area (Å²) in [4.78, 5) is 11.7. The number of nitrogens with one attached hydrogen (secondary N) is 1. The van der Waals surface area contributed by atoms with Crippen molar-refractivity contribution in [3.8, 4) is 0 Å². The Bertz CT molecular complexity index is 384. The third-order valence-corrected chi connectivity index (χ3v) is 3.21. The van der Waals surface area contributed by atoms with Gasteiger partial charge in [-0.2, -0.15) is 0 Å². The molecule has 0 saturated carbocycles. The summed E-state index contributed by atoms with van der Waals surface area (Å²) in [6, 6.07) is 8.66. The van der Waals surface area contributed by atoms with Gasteiger partial charge in [0.2, 0.25) is 5.91 Å². The summed E-state index contributed by atoms with van der Waals surface area (Å²) in [6.45, 7) is 3.87. The Morgan fingerprint density at radius 3 is 2.88 bits per heavy atom. The molecule has 1 aromatic rings. The van der Waals surface area contributed by atoms with Gasteiger partial charge in [-0.25, -0.2) is 0 Å². The normalized spacial score (nSPS) is 19.3. The molecule has 0 aliphatic heterocycles. The van der Waals surface area contributed by atoms with Crippen LogP contribution in [0.3, 0.4) is 0 Å². The topological polar surface area (TPSA) is 29.1 Å². The lowest BCUT2D eigenvalue weighted by Gasteiger charge is -2.27. The number of benzene rings is 1. The molecule has 0 saturated heterocycles. The third kappa shape index (κ3) is 2.26. The molecule has 1 amide bonds. The number of fused-ring (bicyclic) bond motifs is 1. The maximum absolute atomic E-state index is 11.7. The SMILES string of the molecule is CC(C)C(=O)N[C@@H]1CCCc2ccccc21. The number of aryl methyl sites for hydroxylation is 1. The van der Waals surface area contributed by atoms with Gasteiger partial charge in [-0.05, 0) is 30.4 Å². The van der Waals surface area contributed by atoms with E-state index in [0.29, 0.717) is 0 Å². The average molecular weight is 217 g/mol. The molecule has 0 radical (unpaired) electrons. The molecule has 1 aliphatic rings. The summed E-state index contributed by atoms with van der Waals surface area (Å²) in [7, 11) is 0. The van der Waals surface area contributed by atoms with E-state index in [-0.39, 0.29) is 17.9 Å². The maximum atomic E-state index is 11.7. The zero-order chi connectivity index (χ0) is 11.5. The summed E-state index contributed by atoms with van der Waals surface area (Å²) < 4.78 is 0. The van der Waals surface area contributed by atoms with Crippen LogP contribution in [0.15, 0.2) is 24.3 Å². The van der Waals surface area contributed by atoms with Crippen molar-refractivity contribution < 1.29 is 4.79 Å². The highest BCUT2D eigenvalue weighted by molar-refractivity contribution is 5.78. The van der Waals surface area contributed by atoms with Crippen LogP contribution in [-0.4, -0.2) is 5.91 Å². The van der Waals surface area contributed by atoms with E-state index >= 15 is 0 Å². The van der Waals surface area contributed by atoms with E-state index in [1.54, 1.807) is 0 Å². The number of hydrogen-bond donors (Lipinski definition) is 1. The number of carbonyl (C=O) groups is 1. The quantitative estimate of drug-likeness (QED) is 0.811. The van der Waals surface area contributed by atoms with Gasteiger partial charge in [-0.3, -0.25) is 4.79 Å². The third-order valence-electron chi connectivity index (χ3n) is 3.21. The maximum Gasteiger partial charge on any atom is 0.223 e. The molecule has 2 heteroatoms. The van der Waals surface area contributed by atoms with Crippen LogP contribution in [0.4, 0.5) is 0 Å². The second-order valence-electron chi connectivity index (χ2n) is 4.81.